The van der Waals surface area contributed by atoms with Crippen LogP contribution < -0.4 is 0 Å². The van der Waals surface area contributed by atoms with Crippen LogP contribution in [0.3, 0.4) is 0 Å². The minimum atomic E-state index is 1.05. The van der Waals surface area contributed by atoms with Gasteiger partial charge in [-0.05, 0) is 43.6 Å². The Kier molecular flexibility index (Phi) is 2.91. The van der Waals surface area contributed by atoms with E-state index in [-0.39, 0.29) is 0 Å². The van der Waals surface area contributed by atoms with Crippen LogP contribution in [0.25, 0.3) is 0 Å². The average Bonchev–Trinajstić information content (AvgIpc) is 2.62. The summed E-state index contributed by atoms with van der Waals surface area (Å²) in [4.78, 5) is 3.55. The Labute approximate surface area is 85.2 Å². The molecule has 0 radical (unpaired) electrons. The SMILES string of the molecule is Sc1ccc(CN2CCCC2)cc1. The molecule has 0 bridgehead atoms. The summed E-state index contributed by atoms with van der Waals surface area (Å²) in [6, 6.07) is 8.46. The van der Waals surface area contributed by atoms with Gasteiger partial charge in [0.2, 0.25) is 0 Å². The predicted octanol–water partition coefficient (Wildman–Crippen LogP) is 2.57. The van der Waals surface area contributed by atoms with Crippen molar-refractivity contribution in [3.8, 4) is 0 Å². The quantitative estimate of drug-likeness (QED) is 0.707. The molecule has 0 atom stereocenters. The maximum Gasteiger partial charge on any atom is 0.0233 e. The van der Waals surface area contributed by atoms with E-state index in [1.807, 2.05) is 0 Å². The van der Waals surface area contributed by atoms with Crippen LogP contribution in [0.5, 0.6) is 0 Å². The summed E-state index contributed by atoms with van der Waals surface area (Å²) in [6.07, 6.45) is 2.73. The maximum absolute atomic E-state index is 4.27. The second kappa shape index (κ2) is 4.16. The van der Waals surface area contributed by atoms with Gasteiger partial charge in [0, 0.05) is 11.4 Å². The normalized spacial score (nSPS) is 17.9. The maximum atomic E-state index is 4.27. The lowest BCUT2D eigenvalue weighted by Gasteiger charge is -2.14. The Morgan fingerprint density at radius 3 is 2.31 bits per heavy atom. The highest BCUT2D eigenvalue weighted by atomic mass is 32.1. The Balaban J connectivity index is 1.97. The summed E-state index contributed by atoms with van der Waals surface area (Å²) < 4.78 is 0. The van der Waals surface area contributed by atoms with E-state index in [1.165, 1.54) is 31.5 Å². The molecule has 1 aliphatic rings. The van der Waals surface area contributed by atoms with Crippen LogP contribution in [0.4, 0.5) is 0 Å². The zero-order chi connectivity index (χ0) is 9.10. The third-order valence-corrected chi connectivity index (χ3v) is 2.84. The molecule has 0 aromatic heterocycles. The summed E-state index contributed by atoms with van der Waals surface area (Å²) in [5.41, 5.74) is 1.40. The van der Waals surface area contributed by atoms with Gasteiger partial charge in [-0.15, -0.1) is 12.6 Å². The smallest absolute Gasteiger partial charge is 0.0233 e. The molecule has 1 nitrogen and oxygen atoms in total. The molecule has 0 aliphatic carbocycles. The van der Waals surface area contributed by atoms with Crippen LogP contribution in [0.15, 0.2) is 29.2 Å². The highest BCUT2D eigenvalue weighted by Crippen LogP contribution is 2.14. The van der Waals surface area contributed by atoms with Crippen molar-refractivity contribution in [3.05, 3.63) is 29.8 Å². The number of benzene rings is 1. The van der Waals surface area contributed by atoms with Gasteiger partial charge in [-0.25, -0.2) is 0 Å². The van der Waals surface area contributed by atoms with Crippen LogP contribution in [0.1, 0.15) is 18.4 Å². The molecule has 13 heavy (non-hydrogen) atoms. The van der Waals surface area contributed by atoms with Gasteiger partial charge in [0.25, 0.3) is 0 Å². The van der Waals surface area contributed by atoms with Gasteiger partial charge in [0.05, 0.1) is 0 Å². The fourth-order valence-electron chi connectivity index (χ4n) is 1.80. The van der Waals surface area contributed by atoms with Crippen LogP contribution in [0, 0.1) is 0 Å². The summed E-state index contributed by atoms with van der Waals surface area (Å²) in [5.74, 6) is 0. The van der Waals surface area contributed by atoms with E-state index in [0.29, 0.717) is 0 Å². The molecule has 2 heteroatoms. The second-order valence-electron chi connectivity index (χ2n) is 3.65. The molecule has 1 heterocycles. The van der Waals surface area contributed by atoms with E-state index in [0.717, 1.165) is 11.4 Å². The molecule has 0 N–H and O–H groups in total. The van der Waals surface area contributed by atoms with Crippen molar-refractivity contribution in [2.45, 2.75) is 24.3 Å². The zero-order valence-corrected chi connectivity index (χ0v) is 8.63. The Bertz CT molecular complexity index is 262. The van der Waals surface area contributed by atoms with Crippen LogP contribution in [-0.2, 0) is 6.54 Å². The fourth-order valence-corrected chi connectivity index (χ4v) is 1.95. The van der Waals surface area contributed by atoms with Crippen molar-refractivity contribution in [2.75, 3.05) is 13.1 Å². The lowest BCUT2D eigenvalue weighted by Crippen LogP contribution is -2.18. The molecular weight excluding hydrogens is 178 g/mol. The number of likely N-dealkylation sites (tertiary alicyclic amines) is 1. The molecular formula is C11H15NS. The number of thiol groups is 1. The van der Waals surface area contributed by atoms with Gasteiger partial charge in [-0.1, -0.05) is 12.1 Å². The van der Waals surface area contributed by atoms with Gasteiger partial charge in [0.1, 0.15) is 0 Å². The molecule has 0 spiro atoms. The first-order valence-corrected chi connectivity index (χ1v) is 5.29. The van der Waals surface area contributed by atoms with Crippen molar-refractivity contribution in [3.63, 3.8) is 0 Å². The first kappa shape index (κ1) is 9.10. The summed E-state index contributed by atoms with van der Waals surface area (Å²) in [7, 11) is 0. The van der Waals surface area contributed by atoms with Gasteiger partial charge >= 0.3 is 0 Å². The molecule has 0 saturated carbocycles. The number of rotatable bonds is 2. The third-order valence-electron chi connectivity index (χ3n) is 2.54. The lowest BCUT2D eigenvalue weighted by atomic mass is 10.2. The van der Waals surface area contributed by atoms with Gasteiger partial charge in [0.15, 0.2) is 0 Å². The highest BCUT2D eigenvalue weighted by molar-refractivity contribution is 7.80. The molecule has 70 valence electrons. The number of hydrogen-bond donors (Lipinski definition) is 1. The predicted molar refractivity (Wildman–Crippen MR) is 58.2 cm³/mol. The summed E-state index contributed by atoms with van der Waals surface area (Å²) in [5, 5.41) is 0. The summed E-state index contributed by atoms with van der Waals surface area (Å²) >= 11 is 4.27. The van der Waals surface area contributed by atoms with E-state index >= 15 is 0 Å². The number of nitrogens with zero attached hydrogens (tertiary/aromatic N) is 1. The minimum Gasteiger partial charge on any atom is -0.299 e. The van der Waals surface area contributed by atoms with E-state index in [4.69, 9.17) is 0 Å². The van der Waals surface area contributed by atoms with Crippen molar-refractivity contribution in [2.24, 2.45) is 0 Å². The molecule has 1 fully saturated rings. The first-order valence-electron chi connectivity index (χ1n) is 4.85. The fraction of sp³-hybridized carbons (Fsp3) is 0.455. The third kappa shape index (κ3) is 2.48. The Morgan fingerprint density at radius 2 is 1.69 bits per heavy atom. The minimum absolute atomic E-state index is 1.05. The monoisotopic (exact) mass is 193 g/mol. The molecule has 1 saturated heterocycles. The molecule has 0 amide bonds. The Hall–Kier alpha value is -0.470. The average molecular weight is 193 g/mol. The molecule has 2 rings (SSSR count). The van der Waals surface area contributed by atoms with Gasteiger partial charge in [-0.2, -0.15) is 0 Å². The van der Waals surface area contributed by atoms with Crippen molar-refractivity contribution in [1.29, 1.82) is 0 Å². The van der Waals surface area contributed by atoms with Gasteiger partial charge < -0.3 is 0 Å². The van der Waals surface area contributed by atoms with Crippen molar-refractivity contribution >= 4 is 12.6 Å². The molecule has 0 unspecified atom stereocenters. The zero-order valence-electron chi connectivity index (χ0n) is 7.74. The molecule has 1 aromatic rings. The molecule has 1 aliphatic heterocycles. The van der Waals surface area contributed by atoms with Crippen molar-refractivity contribution < 1.29 is 0 Å². The first-order chi connectivity index (χ1) is 6.34. The lowest BCUT2D eigenvalue weighted by molar-refractivity contribution is 0.331. The number of hydrogen-bond acceptors (Lipinski definition) is 2. The topological polar surface area (TPSA) is 3.24 Å². The van der Waals surface area contributed by atoms with E-state index in [2.05, 4.69) is 41.8 Å². The van der Waals surface area contributed by atoms with Crippen LogP contribution in [0.2, 0.25) is 0 Å². The van der Waals surface area contributed by atoms with E-state index < -0.39 is 0 Å². The van der Waals surface area contributed by atoms with E-state index in [1.54, 1.807) is 0 Å². The highest BCUT2D eigenvalue weighted by Gasteiger charge is 2.10. The molecule has 1 aromatic carbocycles. The van der Waals surface area contributed by atoms with Crippen LogP contribution >= 0.6 is 12.6 Å². The largest absolute Gasteiger partial charge is 0.299 e. The Morgan fingerprint density at radius 1 is 1.08 bits per heavy atom. The van der Waals surface area contributed by atoms with Gasteiger partial charge in [-0.3, -0.25) is 4.90 Å². The second-order valence-corrected chi connectivity index (χ2v) is 4.17. The standard InChI is InChI=1S/C11H15NS/c13-11-5-3-10(4-6-11)9-12-7-1-2-8-12/h3-6,13H,1-2,7-9H2. The van der Waals surface area contributed by atoms with E-state index in [9.17, 15) is 0 Å². The van der Waals surface area contributed by atoms with Crippen molar-refractivity contribution in [1.82, 2.24) is 4.90 Å². The summed E-state index contributed by atoms with van der Waals surface area (Å²) in [6.45, 7) is 3.64. The van der Waals surface area contributed by atoms with Crippen LogP contribution in [-0.4, -0.2) is 18.0 Å².